The number of rotatable bonds is 7. The summed E-state index contributed by atoms with van der Waals surface area (Å²) in [4.78, 5) is 1.52. The number of fused-ring (bicyclic) bond motifs is 2. The van der Waals surface area contributed by atoms with Gasteiger partial charge in [-0.15, -0.1) is 11.3 Å². The van der Waals surface area contributed by atoms with E-state index in [9.17, 15) is 0 Å². The molecule has 0 aliphatic carbocycles. The smallest absolute Gasteiger partial charge is 0.0623 e. The summed E-state index contributed by atoms with van der Waals surface area (Å²) in [5, 5.41) is 5.97. The Kier molecular flexibility index (Phi) is 4.57. The zero-order valence-corrected chi connectivity index (χ0v) is 12.6. The summed E-state index contributed by atoms with van der Waals surface area (Å²) in [6.07, 6.45) is 8.69. The molecule has 2 fully saturated rings. The van der Waals surface area contributed by atoms with E-state index in [0.29, 0.717) is 18.2 Å². The molecule has 4 unspecified atom stereocenters. The predicted octanol–water partition coefficient (Wildman–Crippen LogP) is 3.62. The van der Waals surface area contributed by atoms with Crippen molar-refractivity contribution in [3.05, 3.63) is 22.4 Å². The van der Waals surface area contributed by atoms with Crippen molar-refractivity contribution >= 4 is 11.3 Å². The molecular formula is C16H25NOS. The Labute approximate surface area is 120 Å². The van der Waals surface area contributed by atoms with Gasteiger partial charge in [0.2, 0.25) is 0 Å². The Hall–Kier alpha value is -0.380. The van der Waals surface area contributed by atoms with Crippen LogP contribution < -0.4 is 5.32 Å². The second kappa shape index (κ2) is 6.38. The van der Waals surface area contributed by atoms with Crippen molar-refractivity contribution in [3.8, 4) is 0 Å². The lowest BCUT2D eigenvalue weighted by molar-refractivity contribution is 0.0850. The lowest BCUT2D eigenvalue weighted by Crippen LogP contribution is -2.41. The van der Waals surface area contributed by atoms with Crippen LogP contribution in [0.1, 0.15) is 43.9 Å². The fourth-order valence-electron chi connectivity index (χ4n) is 3.65. The van der Waals surface area contributed by atoms with E-state index in [1.54, 1.807) is 0 Å². The zero-order chi connectivity index (χ0) is 13.1. The highest BCUT2D eigenvalue weighted by molar-refractivity contribution is 7.09. The molecule has 0 spiro atoms. The molecule has 0 amide bonds. The van der Waals surface area contributed by atoms with Gasteiger partial charge in [-0.2, -0.15) is 0 Å². The lowest BCUT2D eigenvalue weighted by atomic mass is 9.82. The third-order valence-electron chi connectivity index (χ3n) is 4.61. The van der Waals surface area contributed by atoms with E-state index < -0.39 is 0 Å². The van der Waals surface area contributed by atoms with Crippen molar-refractivity contribution in [2.24, 2.45) is 5.92 Å². The minimum absolute atomic E-state index is 0.544. The van der Waals surface area contributed by atoms with E-state index in [1.807, 2.05) is 11.3 Å². The highest BCUT2D eigenvalue weighted by Gasteiger charge is 2.43. The summed E-state index contributed by atoms with van der Waals surface area (Å²) in [6, 6.07) is 5.07. The number of hydrogen-bond acceptors (Lipinski definition) is 3. The molecular weight excluding hydrogens is 254 g/mol. The number of hydrogen-bond donors (Lipinski definition) is 1. The summed E-state index contributed by atoms with van der Waals surface area (Å²) in [6.45, 7) is 3.39. The highest BCUT2D eigenvalue weighted by atomic mass is 32.1. The molecule has 0 saturated carbocycles. The fraction of sp³-hybridized carbons (Fsp3) is 0.750. The van der Waals surface area contributed by atoms with E-state index >= 15 is 0 Å². The maximum absolute atomic E-state index is 6.05. The summed E-state index contributed by atoms with van der Waals surface area (Å²) in [7, 11) is 0. The summed E-state index contributed by atoms with van der Waals surface area (Å²) in [5.41, 5.74) is 0. The molecule has 19 heavy (non-hydrogen) atoms. The molecule has 4 atom stereocenters. The molecule has 2 aliphatic rings. The average Bonchev–Trinajstić information content (AvgIpc) is 3.16. The van der Waals surface area contributed by atoms with E-state index in [0.717, 1.165) is 12.5 Å². The van der Waals surface area contributed by atoms with Crippen molar-refractivity contribution in [2.45, 2.75) is 63.7 Å². The van der Waals surface area contributed by atoms with Gasteiger partial charge in [0.1, 0.15) is 0 Å². The molecule has 2 bridgehead atoms. The van der Waals surface area contributed by atoms with Gasteiger partial charge in [0.05, 0.1) is 12.2 Å². The first kappa shape index (κ1) is 13.6. The molecule has 3 heterocycles. The van der Waals surface area contributed by atoms with Crippen LogP contribution in [0, 0.1) is 5.92 Å². The number of ether oxygens (including phenoxy) is 1. The van der Waals surface area contributed by atoms with Crippen LogP contribution in [0.3, 0.4) is 0 Å². The molecule has 2 aliphatic heterocycles. The van der Waals surface area contributed by atoms with Crippen molar-refractivity contribution in [2.75, 3.05) is 6.54 Å². The van der Waals surface area contributed by atoms with Crippen LogP contribution in [0.2, 0.25) is 0 Å². The first-order valence-corrected chi connectivity index (χ1v) is 8.66. The number of nitrogens with one attached hydrogen (secondary N) is 1. The molecule has 3 heteroatoms. The van der Waals surface area contributed by atoms with Gasteiger partial charge in [-0.05, 0) is 56.5 Å². The number of thiophene rings is 1. The Morgan fingerprint density at radius 1 is 1.47 bits per heavy atom. The molecule has 0 aromatic carbocycles. The largest absolute Gasteiger partial charge is 0.375 e. The van der Waals surface area contributed by atoms with Crippen LogP contribution in [-0.4, -0.2) is 24.8 Å². The molecule has 3 rings (SSSR count). The minimum Gasteiger partial charge on any atom is -0.375 e. The van der Waals surface area contributed by atoms with E-state index in [2.05, 4.69) is 29.8 Å². The average molecular weight is 279 g/mol. The molecule has 2 saturated heterocycles. The maximum atomic E-state index is 6.05. The summed E-state index contributed by atoms with van der Waals surface area (Å²) < 4.78 is 6.05. The monoisotopic (exact) mass is 279 g/mol. The zero-order valence-electron chi connectivity index (χ0n) is 11.8. The maximum Gasteiger partial charge on any atom is 0.0623 e. The molecule has 1 aromatic rings. The van der Waals surface area contributed by atoms with Crippen LogP contribution in [-0.2, 0) is 11.2 Å². The van der Waals surface area contributed by atoms with E-state index in [-0.39, 0.29) is 0 Å². The second-order valence-electron chi connectivity index (χ2n) is 5.95. The quantitative estimate of drug-likeness (QED) is 0.823. The second-order valence-corrected chi connectivity index (χ2v) is 6.98. The number of aryl methyl sites for hydroxylation is 1. The molecule has 106 valence electrons. The van der Waals surface area contributed by atoms with Gasteiger partial charge in [0, 0.05) is 16.8 Å². The van der Waals surface area contributed by atoms with Gasteiger partial charge in [-0.25, -0.2) is 0 Å². The first-order valence-electron chi connectivity index (χ1n) is 7.78. The van der Waals surface area contributed by atoms with Gasteiger partial charge in [0.15, 0.2) is 0 Å². The first-order chi connectivity index (χ1) is 9.36. The highest BCUT2D eigenvalue weighted by Crippen LogP contribution is 2.41. The molecule has 0 radical (unpaired) electrons. The van der Waals surface area contributed by atoms with Crippen LogP contribution in [0.15, 0.2) is 17.5 Å². The van der Waals surface area contributed by atoms with Gasteiger partial charge in [-0.3, -0.25) is 0 Å². The third kappa shape index (κ3) is 3.21. The Morgan fingerprint density at radius 3 is 3.05 bits per heavy atom. The van der Waals surface area contributed by atoms with Gasteiger partial charge in [-0.1, -0.05) is 13.0 Å². The van der Waals surface area contributed by atoms with E-state index in [1.165, 1.54) is 43.4 Å². The Morgan fingerprint density at radius 2 is 2.42 bits per heavy atom. The predicted molar refractivity (Wildman–Crippen MR) is 80.7 cm³/mol. The normalized spacial score (nSPS) is 30.9. The Bertz CT molecular complexity index is 378. The Balaban J connectivity index is 1.57. The van der Waals surface area contributed by atoms with Crippen molar-refractivity contribution in [1.82, 2.24) is 5.32 Å². The molecule has 1 aromatic heterocycles. The van der Waals surface area contributed by atoms with Crippen molar-refractivity contribution in [3.63, 3.8) is 0 Å². The van der Waals surface area contributed by atoms with Gasteiger partial charge in [0.25, 0.3) is 0 Å². The molecule has 2 nitrogen and oxygen atoms in total. The standard InChI is InChI=1S/C16H25NOS/c1-2-9-17-15(7-6-13-4-3-10-19-13)14-11-12-5-8-16(14)18-12/h3-4,10,12,14-17H,2,5-9,11H2,1H3. The minimum atomic E-state index is 0.544. The summed E-state index contributed by atoms with van der Waals surface area (Å²) in [5.74, 6) is 0.755. The van der Waals surface area contributed by atoms with Gasteiger partial charge < -0.3 is 10.1 Å². The SMILES string of the molecule is CCCNC(CCc1cccs1)C1CC2CCC1O2. The van der Waals surface area contributed by atoms with Crippen molar-refractivity contribution in [1.29, 1.82) is 0 Å². The summed E-state index contributed by atoms with van der Waals surface area (Å²) >= 11 is 1.89. The molecule has 1 N–H and O–H groups in total. The van der Waals surface area contributed by atoms with Gasteiger partial charge >= 0.3 is 0 Å². The fourth-order valence-corrected chi connectivity index (χ4v) is 4.38. The van der Waals surface area contributed by atoms with Crippen LogP contribution in [0.4, 0.5) is 0 Å². The van der Waals surface area contributed by atoms with E-state index in [4.69, 9.17) is 4.74 Å². The lowest BCUT2D eigenvalue weighted by Gasteiger charge is -2.29. The van der Waals surface area contributed by atoms with Crippen LogP contribution in [0.25, 0.3) is 0 Å². The topological polar surface area (TPSA) is 21.3 Å². The van der Waals surface area contributed by atoms with Crippen molar-refractivity contribution < 1.29 is 4.74 Å². The van der Waals surface area contributed by atoms with Crippen LogP contribution >= 0.6 is 11.3 Å². The third-order valence-corrected chi connectivity index (χ3v) is 5.54. The van der Waals surface area contributed by atoms with Crippen LogP contribution in [0.5, 0.6) is 0 Å².